The van der Waals surface area contributed by atoms with Crippen molar-refractivity contribution in [2.45, 2.75) is 38.7 Å². The number of hydrogen-bond donors (Lipinski definition) is 0. The third-order valence-electron chi connectivity index (χ3n) is 4.77. The van der Waals surface area contributed by atoms with Gasteiger partial charge in [0.25, 0.3) is 0 Å². The molecule has 134 valence electrons. The van der Waals surface area contributed by atoms with Crippen molar-refractivity contribution >= 4 is 0 Å². The van der Waals surface area contributed by atoms with Gasteiger partial charge >= 0.3 is 0 Å². The number of rotatable bonds is 7. The zero-order valence-electron chi connectivity index (χ0n) is 14.9. The predicted molar refractivity (Wildman–Crippen MR) is 102 cm³/mol. The minimum atomic E-state index is 0.278. The minimum Gasteiger partial charge on any atom is -0.376 e. The summed E-state index contributed by atoms with van der Waals surface area (Å²) in [7, 11) is 0. The van der Waals surface area contributed by atoms with Crippen molar-refractivity contribution in [3.63, 3.8) is 0 Å². The molecule has 2 aromatic carbocycles. The van der Waals surface area contributed by atoms with Gasteiger partial charge in [-0.1, -0.05) is 60.7 Å². The summed E-state index contributed by atoms with van der Waals surface area (Å²) in [6, 6.07) is 20.6. The fourth-order valence-electron chi connectivity index (χ4n) is 3.40. The van der Waals surface area contributed by atoms with E-state index in [1.165, 1.54) is 5.56 Å². The molecular formula is C22H24N2O2. The van der Waals surface area contributed by atoms with E-state index in [2.05, 4.69) is 33.8 Å². The van der Waals surface area contributed by atoms with E-state index in [1.54, 1.807) is 0 Å². The van der Waals surface area contributed by atoms with Gasteiger partial charge in [0.1, 0.15) is 0 Å². The Morgan fingerprint density at radius 1 is 1.00 bits per heavy atom. The highest BCUT2D eigenvalue weighted by Crippen LogP contribution is 2.25. The van der Waals surface area contributed by atoms with Crippen LogP contribution in [-0.4, -0.2) is 22.3 Å². The van der Waals surface area contributed by atoms with E-state index in [4.69, 9.17) is 9.47 Å². The quantitative estimate of drug-likeness (QED) is 0.633. The van der Waals surface area contributed by atoms with E-state index >= 15 is 0 Å². The fraction of sp³-hybridized carbons (Fsp3) is 0.318. The molecule has 4 nitrogen and oxygen atoms in total. The van der Waals surface area contributed by atoms with E-state index in [-0.39, 0.29) is 6.10 Å². The van der Waals surface area contributed by atoms with E-state index < -0.39 is 0 Å². The maximum Gasteiger partial charge on any atom is 0.0957 e. The zero-order chi connectivity index (χ0) is 17.6. The second-order valence-corrected chi connectivity index (χ2v) is 6.67. The monoisotopic (exact) mass is 348 g/mol. The average Bonchev–Trinajstić information content (AvgIpc) is 3.34. The molecule has 1 atom stereocenters. The van der Waals surface area contributed by atoms with Crippen LogP contribution in [0.25, 0.3) is 11.3 Å². The summed E-state index contributed by atoms with van der Waals surface area (Å²) >= 11 is 0. The van der Waals surface area contributed by atoms with Gasteiger partial charge in [-0.25, -0.2) is 4.98 Å². The van der Waals surface area contributed by atoms with Gasteiger partial charge < -0.3 is 14.0 Å². The summed E-state index contributed by atoms with van der Waals surface area (Å²) in [5.41, 5.74) is 4.41. The van der Waals surface area contributed by atoms with Crippen LogP contribution in [0.15, 0.2) is 67.0 Å². The van der Waals surface area contributed by atoms with Crippen molar-refractivity contribution in [1.29, 1.82) is 0 Å². The van der Waals surface area contributed by atoms with Crippen LogP contribution < -0.4 is 0 Å². The molecule has 1 aliphatic heterocycles. The van der Waals surface area contributed by atoms with Gasteiger partial charge in [-0.3, -0.25) is 0 Å². The Balaban J connectivity index is 1.53. The van der Waals surface area contributed by atoms with Crippen molar-refractivity contribution in [1.82, 2.24) is 9.55 Å². The van der Waals surface area contributed by atoms with Crippen LogP contribution in [0.4, 0.5) is 0 Å². The molecule has 1 fully saturated rings. The van der Waals surface area contributed by atoms with Gasteiger partial charge in [0.05, 0.1) is 43.6 Å². The summed E-state index contributed by atoms with van der Waals surface area (Å²) in [6.45, 7) is 2.83. The number of nitrogens with zero attached hydrogens (tertiary/aromatic N) is 2. The molecule has 2 heterocycles. The topological polar surface area (TPSA) is 36.3 Å². The number of ether oxygens (including phenoxy) is 2. The molecule has 1 aromatic heterocycles. The lowest BCUT2D eigenvalue weighted by Crippen LogP contribution is -2.16. The van der Waals surface area contributed by atoms with E-state index in [9.17, 15) is 0 Å². The SMILES string of the molecule is c1ccc(COCc2c(-c3ccccc3)ncn2CC2CCCO2)cc1. The van der Waals surface area contributed by atoms with Crippen molar-refractivity contribution in [3.05, 3.63) is 78.2 Å². The lowest BCUT2D eigenvalue weighted by Gasteiger charge is -2.14. The maximum absolute atomic E-state index is 6.03. The molecule has 26 heavy (non-hydrogen) atoms. The van der Waals surface area contributed by atoms with Gasteiger partial charge in [0.2, 0.25) is 0 Å². The average molecular weight is 348 g/mol. The molecule has 1 aliphatic rings. The van der Waals surface area contributed by atoms with Gasteiger partial charge in [-0.2, -0.15) is 0 Å². The highest BCUT2D eigenvalue weighted by molar-refractivity contribution is 5.61. The zero-order valence-corrected chi connectivity index (χ0v) is 14.9. The smallest absolute Gasteiger partial charge is 0.0957 e. The Bertz CT molecular complexity index is 809. The number of aromatic nitrogens is 2. The Kier molecular flexibility index (Phi) is 5.43. The predicted octanol–water partition coefficient (Wildman–Crippen LogP) is 4.45. The van der Waals surface area contributed by atoms with Crippen LogP contribution in [0.5, 0.6) is 0 Å². The van der Waals surface area contributed by atoms with Crippen LogP contribution in [0.1, 0.15) is 24.1 Å². The lowest BCUT2D eigenvalue weighted by atomic mass is 10.1. The van der Waals surface area contributed by atoms with Crippen LogP contribution in [0.3, 0.4) is 0 Å². The first-order valence-electron chi connectivity index (χ1n) is 9.23. The maximum atomic E-state index is 6.03. The van der Waals surface area contributed by atoms with Gasteiger partial charge in [-0.15, -0.1) is 0 Å². The van der Waals surface area contributed by atoms with Crippen molar-refractivity contribution < 1.29 is 9.47 Å². The normalized spacial score (nSPS) is 16.8. The Hall–Kier alpha value is -2.43. The lowest BCUT2D eigenvalue weighted by molar-refractivity contribution is 0.0854. The second-order valence-electron chi connectivity index (χ2n) is 6.67. The summed E-state index contributed by atoms with van der Waals surface area (Å²) in [5.74, 6) is 0. The van der Waals surface area contributed by atoms with Gasteiger partial charge in [0.15, 0.2) is 0 Å². The molecule has 4 rings (SSSR count). The first kappa shape index (κ1) is 17.0. The van der Waals surface area contributed by atoms with Crippen LogP contribution in [0.2, 0.25) is 0 Å². The van der Waals surface area contributed by atoms with Crippen LogP contribution in [-0.2, 0) is 29.2 Å². The Morgan fingerprint density at radius 2 is 1.77 bits per heavy atom. The van der Waals surface area contributed by atoms with Crippen LogP contribution in [0, 0.1) is 0 Å². The third kappa shape index (κ3) is 4.03. The van der Waals surface area contributed by atoms with Gasteiger partial charge in [-0.05, 0) is 18.4 Å². The molecular weight excluding hydrogens is 324 g/mol. The summed E-state index contributed by atoms with van der Waals surface area (Å²) < 4.78 is 14.0. The number of hydrogen-bond acceptors (Lipinski definition) is 3. The van der Waals surface area contributed by atoms with Crippen molar-refractivity contribution in [3.8, 4) is 11.3 Å². The molecule has 0 saturated carbocycles. The highest BCUT2D eigenvalue weighted by Gasteiger charge is 2.20. The largest absolute Gasteiger partial charge is 0.376 e. The molecule has 4 heteroatoms. The molecule has 0 N–H and O–H groups in total. The summed E-state index contributed by atoms with van der Waals surface area (Å²) in [5, 5.41) is 0. The molecule has 0 amide bonds. The second kappa shape index (κ2) is 8.30. The van der Waals surface area contributed by atoms with E-state index in [1.807, 2.05) is 42.7 Å². The minimum absolute atomic E-state index is 0.278. The van der Waals surface area contributed by atoms with Crippen LogP contribution >= 0.6 is 0 Å². The summed E-state index contributed by atoms with van der Waals surface area (Å²) in [6.07, 6.45) is 4.46. The molecule has 1 saturated heterocycles. The Labute approximate surface area is 154 Å². The Morgan fingerprint density at radius 3 is 2.50 bits per heavy atom. The first-order valence-corrected chi connectivity index (χ1v) is 9.23. The van der Waals surface area contributed by atoms with E-state index in [0.717, 1.165) is 42.9 Å². The highest BCUT2D eigenvalue weighted by atomic mass is 16.5. The standard InChI is InChI=1S/C22H24N2O2/c1-3-8-18(9-4-1)15-25-16-21-22(19-10-5-2-6-11-19)23-17-24(21)14-20-12-7-13-26-20/h1-6,8-11,17,20H,7,12-16H2. The molecule has 0 radical (unpaired) electrons. The summed E-state index contributed by atoms with van der Waals surface area (Å²) in [4.78, 5) is 4.68. The molecule has 0 bridgehead atoms. The third-order valence-corrected chi connectivity index (χ3v) is 4.77. The van der Waals surface area contributed by atoms with E-state index in [0.29, 0.717) is 13.2 Å². The molecule has 1 unspecified atom stereocenters. The van der Waals surface area contributed by atoms with Crippen molar-refractivity contribution in [2.75, 3.05) is 6.61 Å². The number of benzene rings is 2. The first-order chi connectivity index (χ1) is 12.9. The molecule has 0 aliphatic carbocycles. The fourth-order valence-corrected chi connectivity index (χ4v) is 3.40. The number of imidazole rings is 1. The molecule has 0 spiro atoms. The van der Waals surface area contributed by atoms with Gasteiger partial charge in [0, 0.05) is 12.2 Å². The van der Waals surface area contributed by atoms with Crippen molar-refractivity contribution in [2.24, 2.45) is 0 Å². The molecule has 3 aromatic rings.